The average molecular weight is 394 g/mol. The first-order chi connectivity index (χ1) is 13.8. The second-order valence-corrected chi connectivity index (χ2v) is 7.51. The third-order valence-electron chi connectivity index (χ3n) is 5.17. The molecule has 2 aromatic rings. The van der Waals surface area contributed by atoms with Crippen LogP contribution in [0.15, 0.2) is 42.5 Å². The Morgan fingerprint density at radius 2 is 1.66 bits per heavy atom. The summed E-state index contributed by atoms with van der Waals surface area (Å²) < 4.78 is 5.61. The number of nitrogens with one attached hydrogen (secondary N) is 1. The van der Waals surface area contributed by atoms with Gasteiger partial charge >= 0.3 is 0 Å². The summed E-state index contributed by atoms with van der Waals surface area (Å²) in [4.78, 5) is 39.3. The van der Waals surface area contributed by atoms with Crippen LogP contribution in [-0.4, -0.2) is 35.3 Å². The molecule has 1 atom stereocenters. The molecule has 0 spiro atoms. The fourth-order valence-corrected chi connectivity index (χ4v) is 3.15. The van der Waals surface area contributed by atoms with Gasteiger partial charge in [0.1, 0.15) is 5.75 Å². The monoisotopic (exact) mass is 394 g/mol. The Morgan fingerprint density at radius 1 is 1.03 bits per heavy atom. The number of carbonyl (C=O) groups is 3. The summed E-state index contributed by atoms with van der Waals surface area (Å²) in [5.41, 5.74) is 1.90. The normalized spacial score (nSPS) is 14.2. The van der Waals surface area contributed by atoms with Crippen molar-refractivity contribution in [3.63, 3.8) is 0 Å². The highest BCUT2D eigenvalue weighted by Gasteiger charge is 2.35. The van der Waals surface area contributed by atoms with Crippen LogP contribution in [0.3, 0.4) is 0 Å². The minimum atomic E-state index is -0.320. The zero-order chi connectivity index (χ0) is 21.1. The van der Waals surface area contributed by atoms with Gasteiger partial charge in [-0.2, -0.15) is 0 Å². The number of nitrogens with zero attached hydrogens (tertiary/aromatic N) is 1. The molecule has 1 N–H and O–H groups in total. The van der Waals surface area contributed by atoms with E-state index in [0.717, 1.165) is 0 Å². The van der Waals surface area contributed by atoms with Gasteiger partial charge in [-0.3, -0.25) is 19.3 Å². The van der Waals surface area contributed by atoms with Crippen molar-refractivity contribution in [2.24, 2.45) is 5.92 Å². The van der Waals surface area contributed by atoms with Crippen molar-refractivity contribution >= 4 is 17.7 Å². The Morgan fingerprint density at radius 3 is 2.21 bits per heavy atom. The smallest absolute Gasteiger partial charge is 0.261 e. The van der Waals surface area contributed by atoms with E-state index in [-0.39, 0.29) is 36.2 Å². The Bertz CT molecular complexity index is 917. The lowest BCUT2D eigenvalue weighted by Crippen LogP contribution is -2.36. The lowest BCUT2D eigenvalue weighted by Gasteiger charge is -2.20. The fourth-order valence-electron chi connectivity index (χ4n) is 3.15. The number of hydrogen-bond acceptors (Lipinski definition) is 4. The van der Waals surface area contributed by atoms with E-state index < -0.39 is 0 Å². The predicted octanol–water partition coefficient (Wildman–Crippen LogP) is 3.66. The van der Waals surface area contributed by atoms with E-state index in [1.807, 2.05) is 27.7 Å². The zero-order valence-corrected chi connectivity index (χ0v) is 17.2. The van der Waals surface area contributed by atoms with Crippen molar-refractivity contribution in [3.8, 4) is 5.75 Å². The lowest BCUT2D eigenvalue weighted by atomic mass is 10.0. The van der Waals surface area contributed by atoms with E-state index in [0.29, 0.717) is 34.6 Å². The van der Waals surface area contributed by atoms with Gasteiger partial charge in [0, 0.05) is 6.04 Å². The first-order valence-corrected chi connectivity index (χ1v) is 9.85. The largest absolute Gasteiger partial charge is 0.493 e. The van der Waals surface area contributed by atoms with E-state index >= 15 is 0 Å². The molecule has 3 amide bonds. The van der Waals surface area contributed by atoms with Gasteiger partial charge in [-0.15, -0.1) is 0 Å². The first kappa shape index (κ1) is 20.6. The highest BCUT2D eigenvalue weighted by Crippen LogP contribution is 2.26. The predicted molar refractivity (Wildman–Crippen MR) is 110 cm³/mol. The van der Waals surface area contributed by atoms with Crippen LogP contribution in [0, 0.1) is 5.92 Å². The van der Waals surface area contributed by atoms with E-state index in [4.69, 9.17) is 4.74 Å². The van der Waals surface area contributed by atoms with Crippen molar-refractivity contribution in [2.45, 2.75) is 40.3 Å². The van der Waals surface area contributed by atoms with Crippen LogP contribution in [0.2, 0.25) is 0 Å². The molecule has 6 nitrogen and oxygen atoms in total. The number of benzene rings is 2. The van der Waals surface area contributed by atoms with Crippen LogP contribution < -0.4 is 10.1 Å². The molecule has 0 radical (unpaired) electrons. The summed E-state index contributed by atoms with van der Waals surface area (Å²) in [6.07, 6.45) is 0. The topological polar surface area (TPSA) is 75.7 Å². The molecule has 0 aliphatic carbocycles. The number of ether oxygens (including phenoxy) is 1. The molecule has 2 aromatic carbocycles. The van der Waals surface area contributed by atoms with Crippen molar-refractivity contribution in [1.29, 1.82) is 0 Å². The van der Waals surface area contributed by atoms with E-state index in [2.05, 4.69) is 5.32 Å². The molecule has 1 heterocycles. The number of carbonyl (C=O) groups excluding carboxylic acids is 3. The summed E-state index contributed by atoms with van der Waals surface area (Å²) in [5, 5.41) is 2.98. The van der Waals surface area contributed by atoms with E-state index in [1.54, 1.807) is 42.5 Å². The average Bonchev–Trinajstić information content (AvgIpc) is 2.94. The molecule has 0 saturated heterocycles. The second kappa shape index (κ2) is 8.47. The summed E-state index contributed by atoms with van der Waals surface area (Å²) >= 11 is 0. The van der Waals surface area contributed by atoms with Gasteiger partial charge in [-0.25, -0.2) is 0 Å². The Kier molecular flexibility index (Phi) is 6.01. The highest BCUT2D eigenvalue weighted by atomic mass is 16.5. The van der Waals surface area contributed by atoms with Gasteiger partial charge in [-0.05, 0) is 49.6 Å². The van der Waals surface area contributed by atoms with Crippen LogP contribution >= 0.6 is 0 Å². The first-order valence-electron chi connectivity index (χ1n) is 9.85. The molecule has 0 fully saturated rings. The minimum absolute atomic E-state index is 0.00290. The molecule has 3 rings (SSSR count). The van der Waals surface area contributed by atoms with Gasteiger partial charge in [0.15, 0.2) is 0 Å². The SMILES string of the molecule is CCOc1ccc(CN2C(=O)c3ccccc3C2=O)cc1C(=O)NC(C)C(C)C. The van der Waals surface area contributed by atoms with Crippen LogP contribution in [0.25, 0.3) is 0 Å². The number of rotatable bonds is 7. The van der Waals surface area contributed by atoms with Gasteiger partial charge in [0.25, 0.3) is 17.7 Å². The molecule has 0 bridgehead atoms. The molecule has 6 heteroatoms. The van der Waals surface area contributed by atoms with E-state index in [1.165, 1.54) is 4.90 Å². The van der Waals surface area contributed by atoms with Crippen LogP contribution in [0.5, 0.6) is 5.75 Å². The number of imide groups is 1. The summed E-state index contributed by atoms with van der Waals surface area (Å²) in [7, 11) is 0. The van der Waals surface area contributed by atoms with Crippen molar-refractivity contribution in [2.75, 3.05) is 6.61 Å². The third kappa shape index (κ3) is 4.16. The van der Waals surface area contributed by atoms with Gasteiger partial charge in [0.05, 0.1) is 29.8 Å². The zero-order valence-electron chi connectivity index (χ0n) is 17.2. The fraction of sp³-hybridized carbons (Fsp3) is 0.348. The highest BCUT2D eigenvalue weighted by molar-refractivity contribution is 6.21. The van der Waals surface area contributed by atoms with Crippen molar-refractivity contribution < 1.29 is 19.1 Å². The Labute approximate surface area is 170 Å². The minimum Gasteiger partial charge on any atom is -0.493 e. The molecule has 152 valence electrons. The van der Waals surface area contributed by atoms with Crippen molar-refractivity contribution in [1.82, 2.24) is 10.2 Å². The second-order valence-electron chi connectivity index (χ2n) is 7.51. The van der Waals surface area contributed by atoms with Crippen LogP contribution in [0.1, 0.15) is 64.3 Å². The maximum absolute atomic E-state index is 12.8. The molecule has 1 aliphatic rings. The summed E-state index contributed by atoms with van der Waals surface area (Å²) in [5.74, 6) is -0.111. The molecule has 0 saturated carbocycles. The maximum Gasteiger partial charge on any atom is 0.261 e. The van der Waals surface area contributed by atoms with Crippen LogP contribution in [0.4, 0.5) is 0 Å². The van der Waals surface area contributed by atoms with Crippen molar-refractivity contribution in [3.05, 3.63) is 64.7 Å². The number of fused-ring (bicyclic) bond motifs is 1. The van der Waals surface area contributed by atoms with Gasteiger partial charge < -0.3 is 10.1 Å². The molecular weight excluding hydrogens is 368 g/mol. The van der Waals surface area contributed by atoms with Crippen LogP contribution in [-0.2, 0) is 6.54 Å². The Balaban J connectivity index is 1.87. The van der Waals surface area contributed by atoms with E-state index in [9.17, 15) is 14.4 Å². The quantitative estimate of drug-likeness (QED) is 0.727. The van der Waals surface area contributed by atoms with Gasteiger partial charge in [-0.1, -0.05) is 32.0 Å². The lowest BCUT2D eigenvalue weighted by molar-refractivity contribution is 0.0642. The van der Waals surface area contributed by atoms with Gasteiger partial charge in [0.2, 0.25) is 0 Å². The standard InChI is InChI=1S/C23H26N2O4/c1-5-29-20-11-10-16(12-19(20)21(26)24-15(4)14(2)3)13-25-22(27)17-8-6-7-9-18(17)23(25)28/h6-12,14-15H,5,13H2,1-4H3,(H,24,26). The summed E-state index contributed by atoms with van der Waals surface area (Å²) in [6, 6.07) is 12.0. The number of hydrogen-bond donors (Lipinski definition) is 1. The molecule has 1 unspecified atom stereocenters. The molecule has 1 aliphatic heterocycles. The molecule has 0 aromatic heterocycles. The Hall–Kier alpha value is -3.15. The molecule has 29 heavy (non-hydrogen) atoms. The third-order valence-corrected chi connectivity index (χ3v) is 5.17. The maximum atomic E-state index is 12.8. The number of amides is 3. The summed E-state index contributed by atoms with van der Waals surface area (Å²) in [6.45, 7) is 8.40. The molecular formula is C23H26N2O4.